The van der Waals surface area contributed by atoms with Gasteiger partial charge in [0.1, 0.15) is 5.69 Å². The molecular weight excluding hydrogens is 359 g/mol. The van der Waals surface area contributed by atoms with Crippen molar-refractivity contribution >= 4 is 40.7 Å². The number of carbonyl (C=O) groups is 1. The van der Waals surface area contributed by atoms with E-state index in [1.165, 1.54) is 12.3 Å². The molecule has 1 amide bonds. The van der Waals surface area contributed by atoms with Crippen molar-refractivity contribution < 1.29 is 4.79 Å². The molecule has 3 aromatic rings. The number of halogens is 2. The quantitative estimate of drug-likeness (QED) is 0.683. The number of nitrogens with one attached hydrogen (secondary N) is 2. The third-order valence-electron chi connectivity index (χ3n) is 3.38. The topological polar surface area (TPSA) is 66.9 Å². The van der Waals surface area contributed by atoms with Crippen molar-refractivity contribution in [1.29, 1.82) is 0 Å². The fraction of sp³-hybridized carbons (Fsp3) is 0.0556. The smallest absolute Gasteiger partial charge is 0.274 e. The molecule has 0 saturated carbocycles. The third-order valence-corrected chi connectivity index (χ3v) is 4.01. The van der Waals surface area contributed by atoms with Gasteiger partial charge >= 0.3 is 0 Å². The highest BCUT2D eigenvalue weighted by Crippen LogP contribution is 2.30. The number of rotatable bonds is 5. The summed E-state index contributed by atoms with van der Waals surface area (Å²) in [5, 5.41) is 6.48. The number of benzene rings is 2. The first kappa shape index (κ1) is 17.2. The fourth-order valence-electron chi connectivity index (χ4n) is 2.14. The van der Waals surface area contributed by atoms with Gasteiger partial charge in [0.25, 0.3) is 5.91 Å². The number of anilines is 2. The zero-order chi connectivity index (χ0) is 17.6. The average Bonchev–Trinajstić information content (AvgIpc) is 2.64. The van der Waals surface area contributed by atoms with Crippen molar-refractivity contribution in [2.24, 2.45) is 0 Å². The highest BCUT2D eigenvalue weighted by atomic mass is 35.5. The summed E-state index contributed by atoms with van der Waals surface area (Å²) in [5.41, 5.74) is 1.65. The molecule has 0 radical (unpaired) electrons. The van der Waals surface area contributed by atoms with Crippen molar-refractivity contribution in [3.63, 3.8) is 0 Å². The minimum Gasteiger partial charge on any atom is -0.350 e. The van der Waals surface area contributed by atoms with Gasteiger partial charge in [0.15, 0.2) is 0 Å². The molecule has 7 heteroatoms. The molecule has 25 heavy (non-hydrogen) atoms. The van der Waals surface area contributed by atoms with E-state index in [0.29, 0.717) is 28.2 Å². The van der Waals surface area contributed by atoms with Gasteiger partial charge < -0.3 is 10.6 Å². The second-order valence-corrected chi connectivity index (χ2v) is 5.97. The molecule has 2 aromatic carbocycles. The monoisotopic (exact) mass is 372 g/mol. The van der Waals surface area contributed by atoms with Gasteiger partial charge in [0, 0.05) is 12.7 Å². The van der Waals surface area contributed by atoms with Crippen molar-refractivity contribution in [3.8, 4) is 0 Å². The van der Waals surface area contributed by atoms with Crippen LogP contribution in [0.25, 0.3) is 0 Å². The van der Waals surface area contributed by atoms with E-state index in [1.54, 1.807) is 18.2 Å². The van der Waals surface area contributed by atoms with Crippen molar-refractivity contribution in [1.82, 2.24) is 9.97 Å². The highest BCUT2D eigenvalue weighted by Gasteiger charge is 2.13. The predicted octanol–water partition coefficient (Wildman–Crippen LogP) is 4.65. The van der Waals surface area contributed by atoms with Crippen LogP contribution in [0, 0.1) is 0 Å². The Labute approximate surface area is 155 Å². The van der Waals surface area contributed by atoms with Gasteiger partial charge in [-0.15, -0.1) is 0 Å². The Bertz CT molecular complexity index is 867. The number of carbonyl (C=O) groups excluding carboxylic acids is 1. The predicted molar refractivity (Wildman–Crippen MR) is 100 cm³/mol. The maximum Gasteiger partial charge on any atom is 0.274 e. The van der Waals surface area contributed by atoms with E-state index >= 15 is 0 Å². The summed E-state index contributed by atoms with van der Waals surface area (Å²) in [7, 11) is 0. The molecule has 0 saturated heterocycles. The lowest BCUT2D eigenvalue weighted by Gasteiger charge is -2.10. The molecule has 0 atom stereocenters. The van der Waals surface area contributed by atoms with E-state index in [2.05, 4.69) is 20.6 Å². The molecule has 0 spiro atoms. The normalized spacial score (nSPS) is 10.3. The lowest BCUT2D eigenvalue weighted by atomic mass is 10.2. The molecule has 0 unspecified atom stereocenters. The zero-order valence-corrected chi connectivity index (χ0v) is 14.6. The van der Waals surface area contributed by atoms with Crippen molar-refractivity contribution in [3.05, 3.63) is 82.1 Å². The van der Waals surface area contributed by atoms with Crippen LogP contribution in [0.4, 0.5) is 11.6 Å². The number of para-hydroxylation sites is 1. The molecule has 0 aliphatic carbocycles. The van der Waals surface area contributed by atoms with Gasteiger partial charge in [-0.1, -0.05) is 59.6 Å². The van der Waals surface area contributed by atoms with Crippen LogP contribution in [0.3, 0.4) is 0 Å². The summed E-state index contributed by atoms with van der Waals surface area (Å²) in [6.07, 6.45) is 1.52. The van der Waals surface area contributed by atoms with Crippen LogP contribution < -0.4 is 10.6 Å². The van der Waals surface area contributed by atoms with Crippen LogP contribution in [0.15, 0.2) is 60.8 Å². The second-order valence-electron chi connectivity index (χ2n) is 5.16. The molecule has 1 heterocycles. The number of hydrogen-bond donors (Lipinski definition) is 2. The van der Waals surface area contributed by atoms with Gasteiger partial charge in [-0.3, -0.25) is 4.79 Å². The first-order valence-electron chi connectivity index (χ1n) is 7.49. The molecule has 0 aliphatic heterocycles. The summed E-state index contributed by atoms with van der Waals surface area (Å²) < 4.78 is 0. The van der Waals surface area contributed by atoms with Crippen LogP contribution in [-0.2, 0) is 6.54 Å². The molecule has 0 fully saturated rings. The molecule has 3 rings (SSSR count). The van der Waals surface area contributed by atoms with Crippen LogP contribution in [0.2, 0.25) is 10.0 Å². The van der Waals surface area contributed by atoms with Crippen LogP contribution in [0.1, 0.15) is 16.1 Å². The first-order chi connectivity index (χ1) is 12.1. The van der Waals surface area contributed by atoms with E-state index in [4.69, 9.17) is 23.2 Å². The first-order valence-corrected chi connectivity index (χ1v) is 8.25. The van der Waals surface area contributed by atoms with Crippen LogP contribution in [-0.4, -0.2) is 15.9 Å². The SMILES string of the molecule is O=C(Nc1c(Cl)cccc1Cl)c1ccnc(NCc2ccccc2)n1. The molecular formula is C18H14Cl2N4O. The van der Waals surface area contributed by atoms with Crippen LogP contribution >= 0.6 is 23.2 Å². The fourth-order valence-corrected chi connectivity index (χ4v) is 2.63. The number of aromatic nitrogens is 2. The molecule has 1 aromatic heterocycles. The Morgan fingerprint density at radius 2 is 1.68 bits per heavy atom. The molecule has 0 aliphatic rings. The Morgan fingerprint density at radius 3 is 2.40 bits per heavy atom. The van der Waals surface area contributed by atoms with E-state index in [-0.39, 0.29) is 5.69 Å². The van der Waals surface area contributed by atoms with E-state index < -0.39 is 5.91 Å². The lowest BCUT2D eigenvalue weighted by molar-refractivity contribution is 0.102. The van der Waals surface area contributed by atoms with Gasteiger partial charge in [-0.2, -0.15) is 0 Å². The molecule has 2 N–H and O–H groups in total. The maximum absolute atomic E-state index is 12.4. The Kier molecular flexibility index (Phi) is 5.48. The Balaban J connectivity index is 1.71. The zero-order valence-electron chi connectivity index (χ0n) is 13.0. The van der Waals surface area contributed by atoms with Gasteiger partial charge in [0.2, 0.25) is 5.95 Å². The van der Waals surface area contributed by atoms with Crippen LogP contribution in [0.5, 0.6) is 0 Å². The molecule has 126 valence electrons. The average molecular weight is 373 g/mol. The third kappa shape index (κ3) is 4.47. The van der Waals surface area contributed by atoms with E-state index in [9.17, 15) is 4.79 Å². The Hall–Kier alpha value is -2.63. The number of nitrogens with zero attached hydrogens (tertiary/aromatic N) is 2. The summed E-state index contributed by atoms with van der Waals surface area (Å²) in [6, 6.07) is 16.4. The maximum atomic E-state index is 12.4. The summed E-state index contributed by atoms with van der Waals surface area (Å²) in [5.74, 6) is -0.0538. The summed E-state index contributed by atoms with van der Waals surface area (Å²) in [4.78, 5) is 20.7. The molecule has 5 nitrogen and oxygen atoms in total. The van der Waals surface area contributed by atoms with E-state index in [1.807, 2.05) is 30.3 Å². The molecule has 0 bridgehead atoms. The lowest BCUT2D eigenvalue weighted by Crippen LogP contribution is -2.16. The largest absolute Gasteiger partial charge is 0.350 e. The standard InChI is InChI=1S/C18H14Cl2N4O/c19-13-7-4-8-14(20)16(13)24-17(25)15-9-10-21-18(23-15)22-11-12-5-2-1-3-6-12/h1-10H,11H2,(H,24,25)(H,21,22,23). The second kappa shape index (κ2) is 7.96. The Morgan fingerprint density at radius 1 is 0.960 bits per heavy atom. The summed E-state index contributed by atoms with van der Waals surface area (Å²) in [6.45, 7) is 0.558. The minimum absolute atomic E-state index is 0.210. The summed E-state index contributed by atoms with van der Waals surface area (Å²) >= 11 is 12.1. The van der Waals surface area contributed by atoms with Gasteiger partial charge in [-0.05, 0) is 23.8 Å². The van der Waals surface area contributed by atoms with Gasteiger partial charge in [0.05, 0.1) is 15.7 Å². The van der Waals surface area contributed by atoms with E-state index in [0.717, 1.165) is 5.56 Å². The minimum atomic E-state index is -0.417. The van der Waals surface area contributed by atoms with Gasteiger partial charge in [-0.25, -0.2) is 9.97 Å². The number of amides is 1. The van der Waals surface area contributed by atoms with Crippen molar-refractivity contribution in [2.45, 2.75) is 6.54 Å². The van der Waals surface area contributed by atoms with Crippen molar-refractivity contribution in [2.75, 3.05) is 10.6 Å². The highest BCUT2D eigenvalue weighted by molar-refractivity contribution is 6.39. The number of hydrogen-bond acceptors (Lipinski definition) is 4.